The second-order valence-electron chi connectivity index (χ2n) is 7.33. The molecular formula is C20H22N4O3S. The number of non-ortho nitro benzene ring substituents is 1. The summed E-state index contributed by atoms with van der Waals surface area (Å²) >= 11 is 1.66. The number of hydrogen-bond acceptors (Lipinski definition) is 6. The van der Waals surface area contributed by atoms with Crippen molar-refractivity contribution in [1.82, 2.24) is 10.2 Å². The molecule has 0 saturated heterocycles. The lowest BCUT2D eigenvalue weighted by molar-refractivity contribution is -0.384. The molecule has 1 atom stereocenters. The Balaban J connectivity index is 1.53. The molecule has 1 aromatic heterocycles. The molecule has 0 fully saturated rings. The summed E-state index contributed by atoms with van der Waals surface area (Å²) in [4.78, 5) is 26.9. The molecule has 7 nitrogen and oxygen atoms in total. The summed E-state index contributed by atoms with van der Waals surface area (Å²) in [6.07, 6.45) is 4.14. The van der Waals surface area contributed by atoms with Crippen LogP contribution < -0.4 is 10.6 Å². The van der Waals surface area contributed by atoms with Crippen LogP contribution in [0.5, 0.6) is 0 Å². The first kappa shape index (κ1) is 18.6. The van der Waals surface area contributed by atoms with Gasteiger partial charge in [0.2, 0.25) is 0 Å². The molecule has 0 bridgehead atoms. The predicted molar refractivity (Wildman–Crippen MR) is 111 cm³/mol. The number of nitrogens with zero attached hydrogens (tertiary/aromatic N) is 2. The zero-order valence-corrected chi connectivity index (χ0v) is 16.6. The second kappa shape index (κ2) is 7.37. The van der Waals surface area contributed by atoms with Gasteiger partial charge in [-0.15, -0.1) is 11.3 Å². The minimum atomic E-state index is -0.416. The highest BCUT2D eigenvalue weighted by Crippen LogP contribution is 2.39. The van der Waals surface area contributed by atoms with Crippen molar-refractivity contribution in [2.75, 3.05) is 11.9 Å². The third-order valence-corrected chi connectivity index (χ3v) is 6.33. The minimum Gasteiger partial charge on any atom is -0.353 e. The maximum atomic E-state index is 12.7. The first-order chi connectivity index (χ1) is 13.4. The number of carbonyl (C=O) groups is 1. The summed E-state index contributed by atoms with van der Waals surface area (Å²) in [7, 11) is 0. The van der Waals surface area contributed by atoms with Crippen LogP contribution in [0.1, 0.15) is 40.2 Å². The van der Waals surface area contributed by atoms with Gasteiger partial charge in [0.25, 0.3) is 11.6 Å². The summed E-state index contributed by atoms with van der Waals surface area (Å²) < 4.78 is 0. The number of carbonyl (C=O) groups excluding carboxylic acids is 1. The lowest BCUT2D eigenvalue weighted by Crippen LogP contribution is -2.43. The molecule has 0 saturated carbocycles. The molecule has 0 spiro atoms. The van der Waals surface area contributed by atoms with Crippen molar-refractivity contribution in [3.05, 3.63) is 62.0 Å². The normalized spacial score (nSPS) is 19.2. The number of rotatable bonds is 4. The van der Waals surface area contributed by atoms with Gasteiger partial charge in [0.05, 0.1) is 10.5 Å². The van der Waals surface area contributed by atoms with Gasteiger partial charge in [-0.2, -0.15) is 0 Å². The van der Waals surface area contributed by atoms with Crippen LogP contribution in [-0.2, 0) is 13.0 Å². The Bertz CT molecular complexity index is 966. The Kier molecular flexibility index (Phi) is 4.91. The lowest BCUT2D eigenvalue weighted by Gasteiger charge is -2.30. The van der Waals surface area contributed by atoms with E-state index >= 15 is 0 Å². The summed E-state index contributed by atoms with van der Waals surface area (Å²) in [5, 5.41) is 18.2. The highest BCUT2D eigenvalue weighted by molar-refractivity contribution is 7.16. The number of hydrogen-bond donors (Lipinski definition) is 2. The van der Waals surface area contributed by atoms with Crippen LogP contribution in [0.15, 0.2) is 30.3 Å². The summed E-state index contributed by atoms with van der Waals surface area (Å²) in [6.45, 7) is 6.24. The molecule has 2 aromatic rings. The van der Waals surface area contributed by atoms with E-state index in [1.54, 1.807) is 29.5 Å². The molecule has 1 aromatic carbocycles. The van der Waals surface area contributed by atoms with Crippen molar-refractivity contribution in [2.45, 2.75) is 39.0 Å². The van der Waals surface area contributed by atoms with E-state index in [1.807, 2.05) is 6.08 Å². The van der Waals surface area contributed by atoms with E-state index in [2.05, 4.69) is 29.4 Å². The van der Waals surface area contributed by atoms with Crippen LogP contribution in [0.4, 0.5) is 10.7 Å². The Morgan fingerprint density at radius 3 is 2.93 bits per heavy atom. The quantitative estimate of drug-likeness (QED) is 0.607. The number of nitro benzene ring substituents is 1. The van der Waals surface area contributed by atoms with Crippen molar-refractivity contribution in [3.63, 3.8) is 0 Å². The van der Waals surface area contributed by atoms with Crippen LogP contribution in [0.25, 0.3) is 6.08 Å². The topological polar surface area (TPSA) is 87.5 Å². The summed E-state index contributed by atoms with van der Waals surface area (Å²) in [5.74, 6) is -0.0575. The van der Waals surface area contributed by atoms with Crippen molar-refractivity contribution in [3.8, 4) is 0 Å². The van der Waals surface area contributed by atoms with Gasteiger partial charge >= 0.3 is 0 Å². The standard InChI is InChI=1S/C20H22N4O3S/c1-12(2)23-9-8-15-16(11-23)28-20-18(15)19(25)21-17(22-20)7-6-13-4-3-5-14(10-13)24(26)27/h3-7,10,12,17,22H,8-9,11H2,1-2H3,(H,21,25). The van der Waals surface area contributed by atoms with Crippen molar-refractivity contribution < 1.29 is 9.72 Å². The molecule has 8 heteroatoms. The molecule has 1 unspecified atom stereocenters. The van der Waals surface area contributed by atoms with Crippen LogP contribution in [0.2, 0.25) is 0 Å². The molecule has 3 heterocycles. The van der Waals surface area contributed by atoms with E-state index in [0.717, 1.165) is 30.1 Å². The van der Waals surface area contributed by atoms with Crippen LogP contribution in [-0.4, -0.2) is 34.5 Å². The molecule has 0 aliphatic carbocycles. The number of nitrogens with one attached hydrogen (secondary N) is 2. The predicted octanol–water partition coefficient (Wildman–Crippen LogP) is 3.62. The average molecular weight is 398 g/mol. The maximum Gasteiger partial charge on any atom is 0.270 e. The van der Waals surface area contributed by atoms with E-state index < -0.39 is 4.92 Å². The molecular weight excluding hydrogens is 376 g/mol. The van der Waals surface area contributed by atoms with Gasteiger partial charge in [-0.25, -0.2) is 0 Å². The smallest absolute Gasteiger partial charge is 0.270 e. The van der Waals surface area contributed by atoms with Gasteiger partial charge in [-0.1, -0.05) is 18.2 Å². The van der Waals surface area contributed by atoms with E-state index in [9.17, 15) is 14.9 Å². The molecule has 28 heavy (non-hydrogen) atoms. The van der Waals surface area contributed by atoms with Crippen molar-refractivity contribution >= 4 is 34.0 Å². The van der Waals surface area contributed by atoms with Crippen molar-refractivity contribution in [1.29, 1.82) is 0 Å². The summed E-state index contributed by atoms with van der Waals surface area (Å²) in [5.41, 5.74) is 2.71. The van der Waals surface area contributed by atoms with Gasteiger partial charge in [-0.3, -0.25) is 19.8 Å². The molecule has 2 N–H and O–H groups in total. The third-order valence-electron chi connectivity index (χ3n) is 5.18. The number of thiophene rings is 1. The van der Waals surface area contributed by atoms with Gasteiger partial charge in [-0.05, 0) is 37.5 Å². The molecule has 0 radical (unpaired) electrons. The van der Waals surface area contributed by atoms with E-state index in [4.69, 9.17) is 0 Å². The Morgan fingerprint density at radius 1 is 1.36 bits per heavy atom. The van der Waals surface area contributed by atoms with Crippen molar-refractivity contribution in [2.24, 2.45) is 0 Å². The first-order valence-electron chi connectivity index (χ1n) is 9.31. The fraction of sp³-hybridized carbons (Fsp3) is 0.350. The van der Waals surface area contributed by atoms with Gasteiger partial charge < -0.3 is 10.6 Å². The van der Waals surface area contributed by atoms with E-state index in [0.29, 0.717) is 11.6 Å². The zero-order valence-electron chi connectivity index (χ0n) is 15.8. The van der Waals surface area contributed by atoms with E-state index in [1.165, 1.54) is 22.6 Å². The SMILES string of the molecule is CC(C)N1CCc2c(sc3c2C(=O)NC(C=Cc2cccc([N+](=O)[O-])c2)N3)C1. The zero-order chi connectivity index (χ0) is 19.8. The third kappa shape index (κ3) is 3.53. The van der Waals surface area contributed by atoms with Gasteiger partial charge in [0.1, 0.15) is 11.2 Å². The number of fused-ring (bicyclic) bond motifs is 3. The Morgan fingerprint density at radius 2 is 2.18 bits per heavy atom. The molecule has 4 rings (SSSR count). The number of amides is 1. The number of nitro groups is 1. The van der Waals surface area contributed by atoms with Crippen LogP contribution >= 0.6 is 11.3 Å². The fourth-order valence-corrected chi connectivity index (χ4v) is 4.95. The Labute approximate surface area is 167 Å². The van der Waals surface area contributed by atoms with Gasteiger partial charge in [0.15, 0.2) is 0 Å². The maximum absolute atomic E-state index is 12.7. The summed E-state index contributed by atoms with van der Waals surface area (Å²) in [6, 6.07) is 6.90. The lowest BCUT2D eigenvalue weighted by atomic mass is 10.0. The molecule has 1 amide bonds. The fourth-order valence-electron chi connectivity index (χ4n) is 3.64. The molecule has 2 aliphatic heterocycles. The van der Waals surface area contributed by atoms with Crippen LogP contribution in [0.3, 0.4) is 0 Å². The Hall–Kier alpha value is -2.71. The molecule has 2 aliphatic rings. The molecule has 146 valence electrons. The number of benzene rings is 1. The second-order valence-corrected chi connectivity index (χ2v) is 8.43. The van der Waals surface area contributed by atoms with Crippen LogP contribution in [0, 0.1) is 10.1 Å². The highest BCUT2D eigenvalue weighted by atomic mass is 32.1. The minimum absolute atomic E-state index is 0.0470. The average Bonchev–Trinajstić information content (AvgIpc) is 3.04. The van der Waals surface area contributed by atoms with E-state index in [-0.39, 0.29) is 17.8 Å². The monoisotopic (exact) mass is 398 g/mol. The van der Waals surface area contributed by atoms with Gasteiger partial charge in [0, 0.05) is 36.1 Å². The first-order valence-corrected chi connectivity index (χ1v) is 10.1. The highest BCUT2D eigenvalue weighted by Gasteiger charge is 2.32. The largest absolute Gasteiger partial charge is 0.353 e. The number of anilines is 1.